The zero-order chi connectivity index (χ0) is 21.4. The van der Waals surface area contributed by atoms with E-state index in [0.717, 1.165) is 50.4 Å². The lowest BCUT2D eigenvalue weighted by Crippen LogP contribution is -2.51. The summed E-state index contributed by atoms with van der Waals surface area (Å²) in [6.45, 7) is 4.26. The summed E-state index contributed by atoms with van der Waals surface area (Å²) >= 11 is 0. The highest BCUT2D eigenvalue weighted by Gasteiger charge is 2.34. The predicted octanol–water partition coefficient (Wildman–Crippen LogP) is 3.76. The molecule has 2 heterocycles. The molecule has 1 aliphatic heterocycles. The monoisotopic (exact) mass is 421 g/mol. The van der Waals surface area contributed by atoms with E-state index in [1.165, 1.54) is 5.56 Å². The van der Waals surface area contributed by atoms with Gasteiger partial charge in [-0.25, -0.2) is 4.98 Å². The van der Waals surface area contributed by atoms with Crippen LogP contribution < -0.4 is 9.47 Å². The van der Waals surface area contributed by atoms with Gasteiger partial charge >= 0.3 is 0 Å². The number of para-hydroxylation sites is 1. The lowest BCUT2D eigenvalue weighted by atomic mass is 9.93. The quantitative estimate of drug-likeness (QED) is 0.505. The summed E-state index contributed by atoms with van der Waals surface area (Å²) < 4.78 is 13.8. The third-order valence-electron chi connectivity index (χ3n) is 5.58. The number of ether oxygens (including phenoxy) is 2. The zero-order valence-electron chi connectivity index (χ0n) is 17.9. The molecule has 0 amide bonds. The van der Waals surface area contributed by atoms with Gasteiger partial charge in [0.25, 0.3) is 0 Å². The number of piperidine rings is 1. The fraction of sp³-hybridized carbons (Fsp3) is 0.400. The Kier molecular flexibility index (Phi) is 7.22. The van der Waals surface area contributed by atoms with Gasteiger partial charge in [-0.2, -0.15) is 0 Å². The summed E-state index contributed by atoms with van der Waals surface area (Å²) in [4.78, 5) is 6.36. The minimum atomic E-state index is -0.824. The molecule has 1 saturated heterocycles. The van der Waals surface area contributed by atoms with Gasteiger partial charge in [0.05, 0.1) is 12.9 Å². The number of hydrogen-bond acceptors (Lipinski definition) is 5. The second-order valence-corrected chi connectivity index (χ2v) is 8.29. The number of aryl methyl sites for hydroxylation is 1. The minimum Gasteiger partial charge on any atom is -0.494 e. The summed E-state index contributed by atoms with van der Waals surface area (Å²) in [5.41, 5.74) is 0.371. The van der Waals surface area contributed by atoms with Crippen molar-refractivity contribution < 1.29 is 14.6 Å². The average molecular weight is 422 g/mol. The van der Waals surface area contributed by atoms with Gasteiger partial charge in [0.2, 0.25) is 0 Å². The maximum atomic E-state index is 11.1. The molecule has 0 spiro atoms. The Labute approximate surface area is 184 Å². The third kappa shape index (κ3) is 6.57. The summed E-state index contributed by atoms with van der Waals surface area (Å²) in [5.74, 6) is 1.69. The van der Waals surface area contributed by atoms with Crippen molar-refractivity contribution in [2.75, 3.05) is 26.3 Å². The van der Waals surface area contributed by atoms with Crippen LogP contribution in [0.25, 0.3) is 0 Å². The molecule has 1 aromatic heterocycles. The molecule has 1 atom stereocenters. The van der Waals surface area contributed by atoms with Crippen LogP contribution in [0, 0.1) is 0 Å². The molecule has 1 fully saturated rings. The first-order valence-electron chi connectivity index (χ1n) is 11.0. The molecule has 0 bridgehead atoms. The first-order valence-corrected chi connectivity index (χ1v) is 11.0. The van der Waals surface area contributed by atoms with Crippen molar-refractivity contribution in [3.8, 4) is 11.5 Å². The predicted molar refractivity (Wildman–Crippen MR) is 120 cm³/mol. The largest absolute Gasteiger partial charge is 0.494 e. The van der Waals surface area contributed by atoms with E-state index in [1.54, 1.807) is 6.20 Å². The number of aliphatic hydroxyl groups is 1. The number of β-amino-alcohol motifs (C(OH)–C–C–N with tert-alkyl or cyclic N) is 1. The molecule has 3 aromatic rings. The number of likely N-dealkylation sites (tertiary alicyclic amines) is 1. The Hall–Kier alpha value is -2.83. The molecule has 6 heteroatoms. The van der Waals surface area contributed by atoms with E-state index in [1.807, 2.05) is 55.0 Å². The number of imidazole rings is 1. The van der Waals surface area contributed by atoms with Gasteiger partial charge in [0.15, 0.2) is 0 Å². The van der Waals surface area contributed by atoms with Crippen molar-refractivity contribution in [3.63, 3.8) is 0 Å². The topological polar surface area (TPSA) is 59.8 Å². The van der Waals surface area contributed by atoms with Crippen LogP contribution in [0.5, 0.6) is 11.5 Å². The summed E-state index contributed by atoms with van der Waals surface area (Å²) in [6.07, 6.45) is 8.23. The number of nitrogens with zero attached hydrogens (tertiary/aromatic N) is 3. The SMILES string of the molecule is O[C@@]1(COc2ccccc2)CCCN(Cc2cccc(OCCCn3ccnc3)c2)C1. The van der Waals surface area contributed by atoms with Crippen molar-refractivity contribution in [2.24, 2.45) is 0 Å². The van der Waals surface area contributed by atoms with Crippen molar-refractivity contribution in [2.45, 2.75) is 38.0 Å². The fourth-order valence-corrected chi connectivity index (χ4v) is 4.04. The molecule has 4 rings (SSSR count). The first-order chi connectivity index (χ1) is 15.2. The Morgan fingerprint density at radius 1 is 1.03 bits per heavy atom. The third-order valence-corrected chi connectivity index (χ3v) is 5.58. The molecule has 0 unspecified atom stereocenters. The van der Waals surface area contributed by atoms with Crippen molar-refractivity contribution in [1.29, 1.82) is 0 Å². The van der Waals surface area contributed by atoms with E-state index >= 15 is 0 Å². The molecule has 0 radical (unpaired) electrons. The Balaban J connectivity index is 1.25. The molecule has 1 aliphatic rings. The van der Waals surface area contributed by atoms with Crippen LogP contribution >= 0.6 is 0 Å². The molecule has 0 saturated carbocycles. The van der Waals surface area contributed by atoms with Gasteiger partial charge in [-0.15, -0.1) is 0 Å². The second-order valence-electron chi connectivity index (χ2n) is 8.29. The van der Waals surface area contributed by atoms with E-state index < -0.39 is 5.60 Å². The lowest BCUT2D eigenvalue weighted by Gasteiger charge is -2.39. The van der Waals surface area contributed by atoms with E-state index in [-0.39, 0.29) is 0 Å². The normalized spacial score (nSPS) is 19.3. The summed E-state index contributed by atoms with van der Waals surface area (Å²) in [5, 5.41) is 11.1. The van der Waals surface area contributed by atoms with E-state index in [0.29, 0.717) is 19.8 Å². The Morgan fingerprint density at radius 3 is 2.74 bits per heavy atom. The van der Waals surface area contributed by atoms with E-state index in [4.69, 9.17) is 9.47 Å². The van der Waals surface area contributed by atoms with Gasteiger partial charge in [-0.1, -0.05) is 30.3 Å². The molecule has 2 aromatic carbocycles. The molecular formula is C25H31N3O3. The van der Waals surface area contributed by atoms with Gasteiger partial charge < -0.3 is 19.1 Å². The van der Waals surface area contributed by atoms with Gasteiger partial charge in [0.1, 0.15) is 23.7 Å². The highest BCUT2D eigenvalue weighted by molar-refractivity contribution is 5.28. The van der Waals surface area contributed by atoms with Crippen LogP contribution in [0.4, 0.5) is 0 Å². The highest BCUT2D eigenvalue weighted by atomic mass is 16.5. The Morgan fingerprint density at radius 2 is 1.90 bits per heavy atom. The van der Waals surface area contributed by atoms with Crippen LogP contribution in [0.1, 0.15) is 24.8 Å². The highest BCUT2D eigenvalue weighted by Crippen LogP contribution is 2.25. The van der Waals surface area contributed by atoms with Crippen LogP contribution in [-0.2, 0) is 13.1 Å². The molecule has 1 N–H and O–H groups in total. The van der Waals surface area contributed by atoms with Gasteiger partial charge in [-0.05, 0) is 55.6 Å². The number of benzene rings is 2. The molecule has 0 aliphatic carbocycles. The molecule has 164 valence electrons. The Bertz CT molecular complexity index is 917. The maximum absolute atomic E-state index is 11.1. The summed E-state index contributed by atoms with van der Waals surface area (Å²) in [6, 6.07) is 17.9. The molecular weight excluding hydrogens is 390 g/mol. The second kappa shape index (κ2) is 10.5. The van der Waals surface area contributed by atoms with Crippen LogP contribution in [0.15, 0.2) is 73.3 Å². The smallest absolute Gasteiger partial charge is 0.119 e. The average Bonchev–Trinajstić information content (AvgIpc) is 3.30. The van der Waals surface area contributed by atoms with Crippen molar-refractivity contribution in [1.82, 2.24) is 14.5 Å². The zero-order valence-corrected chi connectivity index (χ0v) is 17.9. The summed E-state index contributed by atoms with van der Waals surface area (Å²) in [7, 11) is 0. The van der Waals surface area contributed by atoms with Gasteiger partial charge in [0, 0.05) is 32.0 Å². The van der Waals surface area contributed by atoms with Crippen LogP contribution in [-0.4, -0.2) is 51.5 Å². The van der Waals surface area contributed by atoms with E-state index in [9.17, 15) is 5.11 Å². The van der Waals surface area contributed by atoms with E-state index in [2.05, 4.69) is 26.6 Å². The lowest BCUT2D eigenvalue weighted by molar-refractivity contribution is -0.0621. The minimum absolute atomic E-state index is 0.313. The number of rotatable bonds is 10. The molecule has 6 nitrogen and oxygen atoms in total. The van der Waals surface area contributed by atoms with Crippen LogP contribution in [0.2, 0.25) is 0 Å². The standard InChI is InChI=1S/C25H31N3O3/c29-25(20-31-23-8-2-1-3-9-23)11-5-13-28(19-25)18-22-7-4-10-24(17-22)30-16-6-14-27-15-12-26-21-27/h1-4,7-10,12,15,17,21,29H,5-6,11,13-14,16,18-20H2/t25-/m0/s1. The van der Waals surface area contributed by atoms with Crippen molar-refractivity contribution in [3.05, 3.63) is 78.9 Å². The fourth-order valence-electron chi connectivity index (χ4n) is 4.04. The first kappa shape index (κ1) is 21.4. The molecule has 31 heavy (non-hydrogen) atoms. The van der Waals surface area contributed by atoms with Gasteiger partial charge in [-0.3, -0.25) is 4.90 Å². The van der Waals surface area contributed by atoms with Crippen LogP contribution in [0.3, 0.4) is 0 Å². The number of hydrogen-bond donors (Lipinski definition) is 1. The number of aromatic nitrogens is 2. The van der Waals surface area contributed by atoms with Crippen molar-refractivity contribution >= 4 is 0 Å². The maximum Gasteiger partial charge on any atom is 0.119 e.